The Labute approximate surface area is 145 Å². The lowest BCUT2D eigenvalue weighted by Crippen LogP contribution is -2.30. The fourth-order valence-electron chi connectivity index (χ4n) is 2.85. The van der Waals surface area contributed by atoms with Crippen LogP contribution in [0.3, 0.4) is 0 Å². The number of nitrogens with zero attached hydrogens (tertiary/aromatic N) is 1. The highest BCUT2D eigenvalue weighted by atomic mass is 16.5. The second-order valence-electron chi connectivity index (χ2n) is 5.74. The van der Waals surface area contributed by atoms with Crippen molar-refractivity contribution >= 4 is 22.5 Å². The van der Waals surface area contributed by atoms with E-state index in [0.29, 0.717) is 13.0 Å². The normalized spacial score (nSPS) is 10.6. The van der Waals surface area contributed by atoms with E-state index in [1.54, 1.807) is 18.1 Å². The Morgan fingerprint density at radius 1 is 1.12 bits per heavy atom. The summed E-state index contributed by atoms with van der Waals surface area (Å²) in [6, 6.07) is 16.5. The molecule has 3 rings (SSSR count). The van der Waals surface area contributed by atoms with Gasteiger partial charge in [0.05, 0.1) is 13.7 Å². The lowest BCUT2D eigenvalue weighted by molar-refractivity contribution is -0.118. The molecule has 2 aromatic carbocycles. The van der Waals surface area contributed by atoms with Gasteiger partial charge in [-0.25, -0.2) is 0 Å². The Hall–Kier alpha value is -3.08. The van der Waals surface area contributed by atoms with Crippen LogP contribution in [0.5, 0.6) is 5.75 Å². The lowest BCUT2D eigenvalue weighted by Gasteiger charge is -2.23. The number of amides is 1. The number of hydrogen-bond donors (Lipinski definition) is 1. The summed E-state index contributed by atoms with van der Waals surface area (Å²) in [5, 5.41) is 0.935. The van der Waals surface area contributed by atoms with Crippen LogP contribution in [0, 0.1) is 0 Å². The van der Waals surface area contributed by atoms with Crippen LogP contribution in [-0.4, -0.2) is 18.0 Å². The maximum Gasteiger partial charge on any atom is 0.248 e. The third kappa shape index (κ3) is 3.55. The van der Waals surface area contributed by atoms with Crippen molar-refractivity contribution in [2.24, 2.45) is 0 Å². The van der Waals surface area contributed by atoms with Gasteiger partial charge in [-0.15, -0.1) is 0 Å². The number of aromatic amines is 1. The number of methoxy groups -OCH3 is 1. The number of para-hydroxylation sites is 1. The summed E-state index contributed by atoms with van der Waals surface area (Å²) in [4.78, 5) is 29.0. The highest BCUT2D eigenvalue weighted by Gasteiger charge is 2.16. The van der Waals surface area contributed by atoms with Crippen molar-refractivity contribution in [1.82, 2.24) is 4.98 Å². The summed E-state index contributed by atoms with van der Waals surface area (Å²) in [5.41, 5.74) is 2.19. The molecule has 0 atom stereocenters. The van der Waals surface area contributed by atoms with Crippen LogP contribution in [0.25, 0.3) is 10.9 Å². The second-order valence-corrected chi connectivity index (χ2v) is 5.74. The van der Waals surface area contributed by atoms with Gasteiger partial charge in [-0.1, -0.05) is 25.1 Å². The highest BCUT2D eigenvalue weighted by molar-refractivity contribution is 5.94. The van der Waals surface area contributed by atoms with E-state index in [2.05, 4.69) is 4.98 Å². The molecule has 1 amide bonds. The molecular weight excluding hydrogens is 316 g/mol. The minimum atomic E-state index is -0.174. The zero-order chi connectivity index (χ0) is 17.8. The smallest absolute Gasteiger partial charge is 0.248 e. The zero-order valence-corrected chi connectivity index (χ0v) is 14.3. The number of carbonyl (C=O) groups excluding carboxylic acids is 1. The maximum absolute atomic E-state index is 12.5. The van der Waals surface area contributed by atoms with E-state index in [1.807, 2.05) is 55.5 Å². The number of pyridine rings is 1. The van der Waals surface area contributed by atoms with Crippen LogP contribution in [0.2, 0.25) is 0 Å². The standard InChI is InChI=1S/C20H20N2O3/c1-3-20(24)22(15-8-10-16(25-2)11-9-15)13-14-12-19(23)21-18-7-5-4-6-17(14)18/h4-12H,3,13H2,1-2H3,(H,21,23). The van der Waals surface area contributed by atoms with Gasteiger partial charge in [-0.2, -0.15) is 0 Å². The molecule has 0 radical (unpaired) electrons. The van der Waals surface area contributed by atoms with E-state index >= 15 is 0 Å². The number of fused-ring (bicyclic) bond motifs is 1. The molecule has 0 aliphatic carbocycles. The topological polar surface area (TPSA) is 62.4 Å². The monoisotopic (exact) mass is 336 g/mol. The largest absolute Gasteiger partial charge is 0.497 e. The summed E-state index contributed by atoms with van der Waals surface area (Å²) >= 11 is 0. The van der Waals surface area contributed by atoms with Crippen LogP contribution in [0.15, 0.2) is 59.4 Å². The Morgan fingerprint density at radius 2 is 1.84 bits per heavy atom. The molecule has 0 unspecified atom stereocenters. The Bertz CT molecular complexity index is 945. The van der Waals surface area contributed by atoms with Gasteiger partial charge in [0.25, 0.3) is 0 Å². The number of anilines is 1. The van der Waals surface area contributed by atoms with Gasteiger partial charge in [-0.3, -0.25) is 9.59 Å². The van der Waals surface area contributed by atoms with Crippen molar-refractivity contribution in [3.8, 4) is 5.75 Å². The predicted octanol–water partition coefficient (Wildman–Crippen LogP) is 3.48. The summed E-state index contributed by atoms with van der Waals surface area (Å²) < 4.78 is 5.18. The minimum Gasteiger partial charge on any atom is -0.497 e. The molecule has 0 aliphatic heterocycles. The van der Waals surface area contributed by atoms with Gasteiger partial charge < -0.3 is 14.6 Å². The molecule has 128 valence electrons. The molecule has 0 fully saturated rings. The second kappa shape index (κ2) is 7.21. The quantitative estimate of drug-likeness (QED) is 0.776. The Morgan fingerprint density at radius 3 is 2.52 bits per heavy atom. The molecule has 0 spiro atoms. The Balaban J connectivity index is 2.04. The number of ether oxygens (including phenoxy) is 1. The van der Waals surface area contributed by atoms with E-state index in [1.165, 1.54) is 0 Å². The van der Waals surface area contributed by atoms with E-state index in [-0.39, 0.29) is 11.5 Å². The van der Waals surface area contributed by atoms with Gasteiger partial charge >= 0.3 is 0 Å². The van der Waals surface area contributed by atoms with Gasteiger partial charge in [0.2, 0.25) is 11.5 Å². The van der Waals surface area contributed by atoms with Gasteiger partial charge in [0.15, 0.2) is 0 Å². The molecule has 5 heteroatoms. The third-order valence-corrected chi connectivity index (χ3v) is 4.15. The summed E-state index contributed by atoms with van der Waals surface area (Å²) in [6.07, 6.45) is 0.382. The van der Waals surface area contributed by atoms with Crippen LogP contribution in [0.4, 0.5) is 5.69 Å². The van der Waals surface area contributed by atoms with Crippen molar-refractivity contribution in [3.63, 3.8) is 0 Å². The van der Waals surface area contributed by atoms with Crippen molar-refractivity contribution in [1.29, 1.82) is 0 Å². The molecular formula is C20H20N2O3. The molecule has 3 aromatic rings. The first kappa shape index (κ1) is 16.8. The van der Waals surface area contributed by atoms with Crippen LogP contribution < -0.4 is 15.2 Å². The van der Waals surface area contributed by atoms with Crippen LogP contribution >= 0.6 is 0 Å². The third-order valence-electron chi connectivity index (χ3n) is 4.15. The average Bonchev–Trinajstić information content (AvgIpc) is 2.65. The lowest BCUT2D eigenvalue weighted by atomic mass is 10.1. The fourth-order valence-corrected chi connectivity index (χ4v) is 2.85. The SMILES string of the molecule is CCC(=O)N(Cc1cc(=O)[nH]c2ccccc12)c1ccc(OC)cc1. The first-order valence-corrected chi connectivity index (χ1v) is 8.17. The number of rotatable bonds is 5. The number of nitrogens with one attached hydrogen (secondary N) is 1. The van der Waals surface area contributed by atoms with E-state index in [4.69, 9.17) is 4.74 Å². The molecule has 1 heterocycles. The van der Waals surface area contributed by atoms with E-state index in [0.717, 1.165) is 27.9 Å². The molecule has 0 saturated carbocycles. The minimum absolute atomic E-state index is 0.00507. The molecule has 25 heavy (non-hydrogen) atoms. The number of carbonyl (C=O) groups is 1. The first-order valence-electron chi connectivity index (χ1n) is 8.17. The van der Waals surface area contributed by atoms with E-state index in [9.17, 15) is 9.59 Å². The number of hydrogen-bond acceptors (Lipinski definition) is 3. The average molecular weight is 336 g/mol. The summed E-state index contributed by atoms with van der Waals surface area (Å²) in [6.45, 7) is 2.16. The van der Waals surface area contributed by atoms with Crippen molar-refractivity contribution in [3.05, 3.63) is 70.5 Å². The fraction of sp³-hybridized carbons (Fsp3) is 0.200. The molecule has 1 N–H and O–H groups in total. The van der Waals surface area contributed by atoms with Crippen molar-refractivity contribution in [2.45, 2.75) is 19.9 Å². The van der Waals surface area contributed by atoms with Gasteiger partial charge in [0, 0.05) is 29.1 Å². The molecule has 0 aliphatic rings. The highest BCUT2D eigenvalue weighted by Crippen LogP contribution is 2.24. The van der Waals surface area contributed by atoms with E-state index < -0.39 is 0 Å². The van der Waals surface area contributed by atoms with Gasteiger partial charge in [0.1, 0.15) is 5.75 Å². The van der Waals surface area contributed by atoms with Crippen LogP contribution in [0.1, 0.15) is 18.9 Å². The van der Waals surface area contributed by atoms with Gasteiger partial charge in [-0.05, 0) is 35.9 Å². The maximum atomic E-state index is 12.5. The summed E-state index contributed by atoms with van der Waals surface area (Å²) in [7, 11) is 1.60. The number of H-pyrrole nitrogens is 1. The van der Waals surface area contributed by atoms with Crippen molar-refractivity contribution in [2.75, 3.05) is 12.0 Å². The molecule has 0 saturated heterocycles. The van der Waals surface area contributed by atoms with Crippen LogP contribution in [-0.2, 0) is 11.3 Å². The molecule has 0 bridgehead atoms. The predicted molar refractivity (Wildman–Crippen MR) is 99.0 cm³/mol. The van der Waals surface area contributed by atoms with Crippen molar-refractivity contribution < 1.29 is 9.53 Å². The number of aromatic nitrogens is 1. The Kier molecular flexibility index (Phi) is 4.84. The number of benzene rings is 2. The summed E-state index contributed by atoms with van der Waals surface area (Å²) in [5.74, 6) is 0.726. The molecule has 5 nitrogen and oxygen atoms in total. The molecule has 1 aromatic heterocycles. The zero-order valence-electron chi connectivity index (χ0n) is 14.3. The first-order chi connectivity index (χ1) is 12.1.